The number of para-hydroxylation sites is 1. The van der Waals surface area contributed by atoms with Crippen LogP contribution in [0.25, 0.3) is 10.9 Å². The van der Waals surface area contributed by atoms with Crippen molar-refractivity contribution in [2.45, 2.75) is 57.2 Å². The standard InChI is InChI=1S/C19H25N3O2/c23-13-12-22-18(20-16-9-4-3-8-15(16)19(22)24)17-10-5-11-21(17)14-6-1-2-7-14/h3-4,8-9,14,17,23H,1-2,5-7,10-13H2. The number of hydrogen-bond acceptors (Lipinski definition) is 4. The number of nitrogens with zero attached hydrogens (tertiary/aromatic N) is 3. The lowest BCUT2D eigenvalue weighted by Gasteiger charge is -2.31. The van der Waals surface area contributed by atoms with Crippen molar-refractivity contribution in [2.75, 3.05) is 13.2 Å². The third kappa shape index (κ3) is 2.66. The average molecular weight is 327 g/mol. The van der Waals surface area contributed by atoms with E-state index in [1.54, 1.807) is 4.57 Å². The van der Waals surface area contributed by atoms with Gasteiger partial charge >= 0.3 is 0 Å². The van der Waals surface area contributed by atoms with Gasteiger partial charge in [-0.2, -0.15) is 0 Å². The van der Waals surface area contributed by atoms with Crippen LogP contribution in [0.4, 0.5) is 0 Å². The van der Waals surface area contributed by atoms with Crippen LogP contribution in [-0.4, -0.2) is 38.8 Å². The van der Waals surface area contributed by atoms with Crippen molar-refractivity contribution in [2.24, 2.45) is 0 Å². The van der Waals surface area contributed by atoms with Gasteiger partial charge in [0.1, 0.15) is 5.82 Å². The van der Waals surface area contributed by atoms with Gasteiger partial charge in [-0.3, -0.25) is 14.3 Å². The Morgan fingerprint density at radius 2 is 1.92 bits per heavy atom. The van der Waals surface area contributed by atoms with Gasteiger partial charge in [0, 0.05) is 6.04 Å². The van der Waals surface area contributed by atoms with Gasteiger partial charge in [-0.1, -0.05) is 25.0 Å². The molecule has 1 aromatic heterocycles. The molecule has 4 rings (SSSR count). The van der Waals surface area contributed by atoms with Crippen molar-refractivity contribution >= 4 is 10.9 Å². The normalized spacial score (nSPS) is 22.6. The van der Waals surface area contributed by atoms with E-state index in [2.05, 4.69) is 4.90 Å². The summed E-state index contributed by atoms with van der Waals surface area (Å²) in [4.78, 5) is 20.4. The van der Waals surface area contributed by atoms with Gasteiger partial charge in [-0.25, -0.2) is 4.98 Å². The molecule has 2 aromatic rings. The predicted octanol–water partition coefficient (Wildman–Crippen LogP) is 2.47. The Kier molecular flexibility index (Phi) is 4.37. The van der Waals surface area contributed by atoms with Crippen LogP contribution < -0.4 is 5.56 Å². The zero-order valence-electron chi connectivity index (χ0n) is 14.0. The van der Waals surface area contributed by atoms with Crippen molar-refractivity contribution in [3.8, 4) is 0 Å². The molecular weight excluding hydrogens is 302 g/mol. The molecule has 128 valence electrons. The topological polar surface area (TPSA) is 58.4 Å². The summed E-state index contributed by atoms with van der Waals surface area (Å²) in [5, 5.41) is 10.1. The summed E-state index contributed by atoms with van der Waals surface area (Å²) < 4.78 is 1.71. The van der Waals surface area contributed by atoms with E-state index >= 15 is 0 Å². The number of aromatic nitrogens is 2. The molecule has 1 saturated carbocycles. The van der Waals surface area contributed by atoms with Crippen LogP contribution in [0.1, 0.15) is 50.4 Å². The first kappa shape index (κ1) is 15.8. The Morgan fingerprint density at radius 3 is 2.71 bits per heavy atom. The van der Waals surface area contributed by atoms with Crippen molar-refractivity contribution in [1.82, 2.24) is 14.5 Å². The van der Waals surface area contributed by atoms with E-state index < -0.39 is 0 Å². The molecule has 5 nitrogen and oxygen atoms in total. The fourth-order valence-electron chi connectivity index (χ4n) is 4.49. The Labute approximate surface area is 141 Å². The molecule has 1 N–H and O–H groups in total. The molecule has 2 fully saturated rings. The molecular formula is C19H25N3O2. The second-order valence-electron chi connectivity index (χ2n) is 7.00. The first-order valence-corrected chi connectivity index (χ1v) is 9.15. The number of aliphatic hydroxyl groups is 1. The zero-order chi connectivity index (χ0) is 16.5. The van der Waals surface area contributed by atoms with Crippen LogP contribution in [0, 0.1) is 0 Å². The molecule has 2 heterocycles. The molecule has 24 heavy (non-hydrogen) atoms. The number of likely N-dealkylation sites (tertiary alicyclic amines) is 1. The highest BCUT2D eigenvalue weighted by atomic mass is 16.3. The minimum atomic E-state index is -0.0386. The van der Waals surface area contributed by atoms with Crippen LogP contribution in [0.5, 0.6) is 0 Å². The van der Waals surface area contributed by atoms with Gasteiger partial charge in [-0.05, 0) is 44.4 Å². The smallest absolute Gasteiger partial charge is 0.261 e. The Bertz CT molecular complexity index is 780. The highest BCUT2D eigenvalue weighted by Gasteiger charge is 2.35. The van der Waals surface area contributed by atoms with Gasteiger partial charge in [0.05, 0.1) is 30.1 Å². The first-order valence-electron chi connectivity index (χ1n) is 9.15. The van der Waals surface area contributed by atoms with Crippen LogP contribution in [0.15, 0.2) is 29.1 Å². The van der Waals surface area contributed by atoms with Gasteiger partial charge in [-0.15, -0.1) is 0 Å². The predicted molar refractivity (Wildman–Crippen MR) is 94.0 cm³/mol. The maximum atomic E-state index is 12.9. The largest absolute Gasteiger partial charge is 0.395 e. The van der Waals surface area contributed by atoms with Gasteiger partial charge in [0.15, 0.2) is 0 Å². The van der Waals surface area contributed by atoms with Gasteiger partial charge in [0.2, 0.25) is 0 Å². The summed E-state index contributed by atoms with van der Waals surface area (Å²) in [5.41, 5.74) is 0.743. The van der Waals surface area contributed by atoms with Crippen LogP contribution in [0.3, 0.4) is 0 Å². The van der Waals surface area contributed by atoms with Gasteiger partial charge < -0.3 is 5.11 Å². The van der Waals surface area contributed by atoms with Gasteiger partial charge in [0.25, 0.3) is 5.56 Å². The Balaban J connectivity index is 1.82. The van der Waals surface area contributed by atoms with Crippen LogP contribution >= 0.6 is 0 Å². The fraction of sp³-hybridized carbons (Fsp3) is 0.579. The molecule has 2 aliphatic rings. The number of fused-ring (bicyclic) bond motifs is 1. The molecule has 1 saturated heterocycles. The fourth-order valence-corrected chi connectivity index (χ4v) is 4.49. The van der Waals surface area contributed by atoms with E-state index in [9.17, 15) is 9.90 Å². The summed E-state index contributed by atoms with van der Waals surface area (Å²) in [7, 11) is 0. The number of hydrogen-bond donors (Lipinski definition) is 1. The second kappa shape index (κ2) is 6.65. The second-order valence-corrected chi connectivity index (χ2v) is 7.00. The first-order chi connectivity index (χ1) is 11.8. The number of rotatable bonds is 4. The third-order valence-electron chi connectivity index (χ3n) is 5.60. The van der Waals surface area contributed by atoms with E-state index in [1.165, 1.54) is 25.7 Å². The van der Waals surface area contributed by atoms with Crippen LogP contribution in [-0.2, 0) is 6.54 Å². The average Bonchev–Trinajstić information content (AvgIpc) is 3.28. The van der Waals surface area contributed by atoms with E-state index in [0.717, 1.165) is 30.7 Å². The molecule has 1 aromatic carbocycles. The van der Waals surface area contributed by atoms with Crippen molar-refractivity contribution < 1.29 is 5.11 Å². The Morgan fingerprint density at radius 1 is 1.12 bits per heavy atom. The summed E-state index contributed by atoms with van der Waals surface area (Å²) >= 11 is 0. The summed E-state index contributed by atoms with van der Waals surface area (Å²) in [5.74, 6) is 0.845. The van der Waals surface area contributed by atoms with Crippen LogP contribution in [0.2, 0.25) is 0 Å². The van der Waals surface area contributed by atoms with E-state index in [1.807, 2.05) is 24.3 Å². The maximum absolute atomic E-state index is 12.9. The molecule has 0 spiro atoms. The molecule has 5 heteroatoms. The number of benzene rings is 1. The van der Waals surface area contributed by atoms with E-state index in [0.29, 0.717) is 18.0 Å². The molecule has 0 amide bonds. The summed E-state index contributed by atoms with van der Waals surface area (Å²) in [6, 6.07) is 8.37. The minimum Gasteiger partial charge on any atom is -0.395 e. The highest BCUT2D eigenvalue weighted by molar-refractivity contribution is 5.77. The summed E-state index contributed by atoms with van der Waals surface area (Å²) in [6.07, 6.45) is 7.34. The lowest BCUT2D eigenvalue weighted by atomic mass is 10.1. The van der Waals surface area contributed by atoms with Crippen molar-refractivity contribution in [3.05, 3.63) is 40.4 Å². The molecule has 1 aliphatic heterocycles. The van der Waals surface area contributed by atoms with Crippen molar-refractivity contribution in [3.63, 3.8) is 0 Å². The lowest BCUT2D eigenvalue weighted by Crippen LogP contribution is -2.37. The third-order valence-corrected chi connectivity index (χ3v) is 5.60. The van der Waals surface area contributed by atoms with E-state index in [4.69, 9.17) is 4.98 Å². The zero-order valence-corrected chi connectivity index (χ0v) is 14.0. The monoisotopic (exact) mass is 327 g/mol. The summed E-state index contributed by atoms with van der Waals surface area (Å²) in [6.45, 7) is 1.38. The molecule has 0 bridgehead atoms. The maximum Gasteiger partial charge on any atom is 0.261 e. The van der Waals surface area contributed by atoms with Crippen molar-refractivity contribution in [1.29, 1.82) is 0 Å². The molecule has 1 atom stereocenters. The molecule has 1 aliphatic carbocycles. The number of aliphatic hydroxyl groups excluding tert-OH is 1. The Hall–Kier alpha value is -1.72. The molecule has 1 unspecified atom stereocenters. The molecule has 0 radical (unpaired) electrons. The lowest BCUT2D eigenvalue weighted by molar-refractivity contribution is 0.170. The quantitative estimate of drug-likeness (QED) is 0.937. The minimum absolute atomic E-state index is 0.0251. The van der Waals surface area contributed by atoms with E-state index in [-0.39, 0.29) is 18.2 Å². The highest BCUT2D eigenvalue weighted by Crippen LogP contribution is 2.37. The SMILES string of the molecule is O=c1c2ccccc2nc(C2CCCN2C2CCCC2)n1CCO.